The number of aromatic nitrogens is 3. The fourth-order valence-electron chi connectivity index (χ4n) is 3.01. The number of nitrogens with one attached hydrogen (secondary N) is 2. The van der Waals surface area contributed by atoms with Crippen LogP contribution in [0.1, 0.15) is 10.4 Å². The second kappa shape index (κ2) is 6.45. The summed E-state index contributed by atoms with van der Waals surface area (Å²) in [5.41, 5.74) is 2.81. The quantitative estimate of drug-likeness (QED) is 0.441. The number of rotatable bonds is 5. The molecule has 0 amide bonds. The van der Waals surface area contributed by atoms with Gasteiger partial charge in [0.2, 0.25) is 0 Å². The molecule has 0 atom stereocenters. The van der Waals surface area contributed by atoms with E-state index < -0.39 is 5.97 Å². The lowest BCUT2D eigenvalue weighted by Crippen LogP contribution is -2.07. The van der Waals surface area contributed by atoms with E-state index in [0.717, 1.165) is 10.9 Å². The summed E-state index contributed by atoms with van der Waals surface area (Å²) in [7, 11) is 0. The SMILES string of the molecule is O=C(O)c1cc(-c2cc(NCCO)nc3[nH]ccc23)nc2ccccc12. The van der Waals surface area contributed by atoms with E-state index in [1.807, 2.05) is 18.2 Å². The summed E-state index contributed by atoms with van der Waals surface area (Å²) >= 11 is 0. The summed E-state index contributed by atoms with van der Waals surface area (Å²) < 4.78 is 0. The minimum Gasteiger partial charge on any atom is -0.478 e. The summed E-state index contributed by atoms with van der Waals surface area (Å²) in [6, 6.07) is 12.5. The van der Waals surface area contributed by atoms with E-state index in [9.17, 15) is 9.90 Å². The van der Waals surface area contributed by atoms with Crippen LogP contribution in [0.3, 0.4) is 0 Å². The summed E-state index contributed by atoms with van der Waals surface area (Å²) in [4.78, 5) is 23.9. The Hall–Kier alpha value is -3.45. The number of aliphatic hydroxyl groups excluding tert-OH is 1. The molecule has 130 valence electrons. The molecule has 0 radical (unpaired) electrons. The zero-order valence-electron chi connectivity index (χ0n) is 13.7. The molecule has 0 bridgehead atoms. The van der Waals surface area contributed by atoms with Crippen LogP contribution in [0.5, 0.6) is 0 Å². The number of fused-ring (bicyclic) bond motifs is 2. The molecule has 3 heterocycles. The van der Waals surface area contributed by atoms with Gasteiger partial charge in [-0.25, -0.2) is 14.8 Å². The van der Waals surface area contributed by atoms with Crippen LogP contribution in [0.15, 0.2) is 48.7 Å². The van der Waals surface area contributed by atoms with Crippen LogP contribution in [-0.4, -0.2) is 44.3 Å². The first-order chi connectivity index (χ1) is 12.7. The molecular formula is C19H16N4O3. The highest BCUT2D eigenvalue weighted by Crippen LogP contribution is 2.31. The summed E-state index contributed by atoms with van der Waals surface area (Å²) in [5, 5.41) is 23.1. The van der Waals surface area contributed by atoms with Crippen LogP contribution < -0.4 is 5.32 Å². The Morgan fingerprint density at radius 3 is 2.77 bits per heavy atom. The highest BCUT2D eigenvalue weighted by Gasteiger charge is 2.16. The average Bonchev–Trinajstić information content (AvgIpc) is 3.13. The van der Waals surface area contributed by atoms with Crippen molar-refractivity contribution in [3.8, 4) is 11.3 Å². The number of benzene rings is 1. The Labute approximate surface area is 148 Å². The van der Waals surface area contributed by atoms with Crippen LogP contribution in [0.4, 0.5) is 5.82 Å². The van der Waals surface area contributed by atoms with Crippen molar-refractivity contribution in [1.82, 2.24) is 15.0 Å². The van der Waals surface area contributed by atoms with Crippen LogP contribution in [-0.2, 0) is 0 Å². The van der Waals surface area contributed by atoms with Crippen molar-refractivity contribution >= 4 is 33.7 Å². The third kappa shape index (κ3) is 2.74. The van der Waals surface area contributed by atoms with Gasteiger partial charge in [-0.1, -0.05) is 18.2 Å². The van der Waals surface area contributed by atoms with Crippen molar-refractivity contribution in [2.45, 2.75) is 0 Å². The van der Waals surface area contributed by atoms with Gasteiger partial charge in [-0.05, 0) is 24.3 Å². The maximum absolute atomic E-state index is 11.7. The minimum atomic E-state index is -0.997. The number of carboxylic acids is 1. The van der Waals surface area contributed by atoms with E-state index in [4.69, 9.17) is 5.11 Å². The largest absolute Gasteiger partial charge is 0.478 e. The van der Waals surface area contributed by atoms with Crippen molar-refractivity contribution in [2.75, 3.05) is 18.5 Å². The Morgan fingerprint density at radius 2 is 1.96 bits per heavy atom. The molecule has 3 aromatic heterocycles. The van der Waals surface area contributed by atoms with E-state index in [-0.39, 0.29) is 12.2 Å². The zero-order valence-corrected chi connectivity index (χ0v) is 13.7. The van der Waals surface area contributed by atoms with Crippen molar-refractivity contribution in [1.29, 1.82) is 0 Å². The highest BCUT2D eigenvalue weighted by atomic mass is 16.4. The number of nitrogens with zero attached hydrogens (tertiary/aromatic N) is 2. The summed E-state index contributed by atoms with van der Waals surface area (Å²) in [5.74, 6) is -0.418. The van der Waals surface area contributed by atoms with Crippen molar-refractivity contribution in [3.63, 3.8) is 0 Å². The molecule has 0 fully saturated rings. The van der Waals surface area contributed by atoms with Gasteiger partial charge in [0.15, 0.2) is 0 Å². The van der Waals surface area contributed by atoms with Crippen LogP contribution >= 0.6 is 0 Å². The molecule has 0 spiro atoms. The molecule has 4 aromatic rings. The van der Waals surface area contributed by atoms with Gasteiger partial charge in [0.1, 0.15) is 11.5 Å². The maximum atomic E-state index is 11.7. The van der Waals surface area contributed by atoms with E-state index in [0.29, 0.717) is 34.6 Å². The fraction of sp³-hybridized carbons (Fsp3) is 0.105. The second-order valence-corrected chi connectivity index (χ2v) is 5.82. The topological polar surface area (TPSA) is 111 Å². The third-order valence-electron chi connectivity index (χ3n) is 4.17. The number of H-pyrrole nitrogens is 1. The fourth-order valence-corrected chi connectivity index (χ4v) is 3.01. The molecule has 1 aromatic carbocycles. The first-order valence-corrected chi connectivity index (χ1v) is 8.13. The molecule has 7 nitrogen and oxygen atoms in total. The molecular weight excluding hydrogens is 332 g/mol. The molecule has 4 rings (SSSR count). The Morgan fingerprint density at radius 1 is 1.12 bits per heavy atom. The van der Waals surface area contributed by atoms with Gasteiger partial charge < -0.3 is 20.5 Å². The van der Waals surface area contributed by atoms with Crippen LogP contribution in [0.2, 0.25) is 0 Å². The van der Waals surface area contributed by atoms with Gasteiger partial charge >= 0.3 is 5.97 Å². The van der Waals surface area contributed by atoms with Gasteiger partial charge in [0.25, 0.3) is 0 Å². The Kier molecular flexibility index (Phi) is 3.98. The molecule has 0 aliphatic rings. The van der Waals surface area contributed by atoms with Gasteiger partial charge in [0, 0.05) is 29.1 Å². The number of aromatic amines is 1. The molecule has 0 aliphatic carbocycles. The third-order valence-corrected chi connectivity index (χ3v) is 4.17. The first-order valence-electron chi connectivity index (χ1n) is 8.13. The summed E-state index contributed by atoms with van der Waals surface area (Å²) in [6.07, 6.45) is 1.77. The molecule has 4 N–H and O–H groups in total. The highest BCUT2D eigenvalue weighted by molar-refractivity contribution is 6.05. The van der Waals surface area contributed by atoms with Crippen molar-refractivity contribution < 1.29 is 15.0 Å². The zero-order chi connectivity index (χ0) is 18.1. The number of hydrogen-bond acceptors (Lipinski definition) is 5. The number of carboxylic acid groups (broad SMARTS) is 1. The first kappa shape index (κ1) is 16.0. The minimum absolute atomic E-state index is 0.0167. The molecule has 26 heavy (non-hydrogen) atoms. The van der Waals surface area contributed by atoms with Crippen molar-refractivity contribution in [3.05, 3.63) is 54.2 Å². The molecule has 0 saturated carbocycles. The van der Waals surface area contributed by atoms with E-state index in [1.165, 1.54) is 0 Å². The van der Waals surface area contributed by atoms with Gasteiger partial charge in [-0.15, -0.1) is 0 Å². The predicted molar refractivity (Wildman–Crippen MR) is 99.4 cm³/mol. The molecule has 0 unspecified atom stereocenters. The van der Waals surface area contributed by atoms with Gasteiger partial charge in [-0.2, -0.15) is 0 Å². The van der Waals surface area contributed by atoms with E-state index >= 15 is 0 Å². The number of anilines is 1. The summed E-state index contributed by atoms with van der Waals surface area (Å²) in [6.45, 7) is 0.349. The monoisotopic (exact) mass is 348 g/mol. The molecule has 0 saturated heterocycles. The lowest BCUT2D eigenvalue weighted by molar-refractivity contribution is 0.0699. The van der Waals surface area contributed by atoms with Gasteiger partial charge in [0.05, 0.1) is 23.4 Å². The lowest BCUT2D eigenvalue weighted by Gasteiger charge is -2.10. The van der Waals surface area contributed by atoms with Crippen molar-refractivity contribution in [2.24, 2.45) is 0 Å². The normalized spacial score (nSPS) is 11.1. The Balaban J connectivity index is 1.97. The number of hydrogen-bond donors (Lipinski definition) is 4. The number of carbonyl (C=O) groups is 1. The molecule has 0 aliphatic heterocycles. The van der Waals surface area contributed by atoms with E-state index in [1.54, 1.807) is 30.5 Å². The smallest absolute Gasteiger partial charge is 0.336 e. The van der Waals surface area contributed by atoms with Gasteiger partial charge in [-0.3, -0.25) is 0 Å². The van der Waals surface area contributed by atoms with Crippen LogP contribution in [0.25, 0.3) is 33.2 Å². The Bertz CT molecular complexity index is 1120. The number of pyridine rings is 2. The maximum Gasteiger partial charge on any atom is 0.336 e. The lowest BCUT2D eigenvalue weighted by atomic mass is 10.0. The average molecular weight is 348 g/mol. The number of para-hydroxylation sites is 1. The predicted octanol–water partition coefficient (Wildman–Crippen LogP) is 2.88. The van der Waals surface area contributed by atoms with Crippen LogP contribution in [0, 0.1) is 0 Å². The second-order valence-electron chi connectivity index (χ2n) is 5.82. The number of aromatic carboxylic acids is 1. The van der Waals surface area contributed by atoms with E-state index in [2.05, 4.69) is 20.3 Å². The standard InChI is InChI=1S/C19H16N4O3/c24-8-7-20-17-10-13(12-5-6-21-18(12)23-17)16-9-14(19(25)26)11-3-1-2-4-15(11)22-16/h1-6,9-10,24H,7-8H2,(H,25,26)(H2,20,21,23). The molecule has 7 heteroatoms. The number of aliphatic hydroxyl groups is 1.